The van der Waals surface area contributed by atoms with Crippen molar-refractivity contribution < 1.29 is 4.74 Å². The van der Waals surface area contributed by atoms with E-state index in [1.807, 2.05) is 6.20 Å². The van der Waals surface area contributed by atoms with Crippen molar-refractivity contribution in [1.29, 1.82) is 0 Å². The molecule has 0 aliphatic heterocycles. The molecule has 0 aromatic carbocycles. The summed E-state index contributed by atoms with van der Waals surface area (Å²) in [6, 6.07) is 4.23. The average Bonchev–Trinajstić information content (AvgIpc) is 3.15. The van der Waals surface area contributed by atoms with Gasteiger partial charge in [-0.05, 0) is 24.3 Å². The molecule has 4 heteroatoms. The SMILES string of the molecule is COC(Cn1ccnc1C1CCCC1)c1cccs1. The van der Waals surface area contributed by atoms with Crippen LogP contribution in [0.4, 0.5) is 0 Å². The summed E-state index contributed by atoms with van der Waals surface area (Å²) < 4.78 is 7.93. The fraction of sp³-hybridized carbons (Fsp3) is 0.533. The summed E-state index contributed by atoms with van der Waals surface area (Å²) in [6.07, 6.45) is 9.41. The van der Waals surface area contributed by atoms with Gasteiger partial charge in [0.25, 0.3) is 0 Å². The molecule has 2 aromatic rings. The number of ether oxygens (including phenoxy) is 1. The minimum atomic E-state index is 0.134. The van der Waals surface area contributed by atoms with Crippen molar-refractivity contribution >= 4 is 11.3 Å². The van der Waals surface area contributed by atoms with Gasteiger partial charge in [-0.1, -0.05) is 18.9 Å². The number of aromatic nitrogens is 2. The summed E-state index contributed by atoms with van der Waals surface area (Å²) in [7, 11) is 1.79. The summed E-state index contributed by atoms with van der Waals surface area (Å²) in [4.78, 5) is 5.86. The normalized spacial score (nSPS) is 17.9. The minimum absolute atomic E-state index is 0.134. The van der Waals surface area contributed by atoms with Gasteiger partial charge in [0.1, 0.15) is 11.9 Å². The molecule has 3 nitrogen and oxygen atoms in total. The Kier molecular flexibility index (Phi) is 3.99. The molecule has 1 saturated carbocycles. The van der Waals surface area contributed by atoms with E-state index in [-0.39, 0.29) is 6.10 Å². The van der Waals surface area contributed by atoms with E-state index in [0.717, 1.165) is 6.54 Å². The molecule has 19 heavy (non-hydrogen) atoms. The fourth-order valence-electron chi connectivity index (χ4n) is 2.95. The number of hydrogen-bond acceptors (Lipinski definition) is 3. The van der Waals surface area contributed by atoms with E-state index in [1.165, 1.54) is 36.4 Å². The topological polar surface area (TPSA) is 27.1 Å². The van der Waals surface area contributed by atoms with Crippen molar-refractivity contribution in [3.05, 3.63) is 40.6 Å². The standard InChI is InChI=1S/C15H20N2OS/c1-18-13(14-7-4-10-19-14)11-17-9-8-16-15(17)12-5-2-3-6-12/h4,7-10,12-13H,2-3,5-6,11H2,1H3. The van der Waals surface area contributed by atoms with Gasteiger partial charge in [-0.3, -0.25) is 0 Å². The number of imidazole rings is 1. The lowest BCUT2D eigenvalue weighted by Gasteiger charge is -2.18. The van der Waals surface area contributed by atoms with Gasteiger partial charge < -0.3 is 9.30 Å². The van der Waals surface area contributed by atoms with E-state index >= 15 is 0 Å². The van der Waals surface area contributed by atoms with Gasteiger partial charge in [-0.15, -0.1) is 11.3 Å². The number of methoxy groups -OCH3 is 1. The van der Waals surface area contributed by atoms with Gasteiger partial charge in [-0.2, -0.15) is 0 Å². The monoisotopic (exact) mass is 276 g/mol. The smallest absolute Gasteiger partial charge is 0.111 e. The highest BCUT2D eigenvalue weighted by Gasteiger charge is 2.23. The number of thiophene rings is 1. The van der Waals surface area contributed by atoms with Crippen molar-refractivity contribution in [1.82, 2.24) is 9.55 Å². The third kappa shape index (κ3) is 2.74. The van der Waals surface area contributed by atoms with E-state index < -0.39 is 0 Å². The summed E-state index contributed by atoms with van der Waals surface area (Å²) in [5.41, 5.74) is 0. The molecule has 1 fully saturated rings. The maximum absolute atomic E-state index is 5.65. The van der Waals surface area contributed by atoms with Crippen LogP contribution in [0.2, 0.25) is 0 Å². The molecule has 0 saturated heterocycles. The fourth-order valence-corrected chi connectivity index (χ4v) is 3.75. The van der Waals surface area contributed by atoms with Crippen molar-refractivity contribution in [2.45, 2.75) is 44.2 Å². The molecule has 3 rings (SSSR count). The molecule has 0 N–H and O–H groups in total. The molecule has 1 aliphatic carbocycles. The van der Waals surface area contributed by atoms with Gasteiger partial charge >= 0.3 is 0 Å². The van der Waals surface area contributed by atoms with Crippen molar-refractivity contribution in [3.8, 4) is 0 Å². The van der Waals surface area contributed by atoms with Gasteiger partial charge in [0.05, 0.1) is 6.54 Å². The Hall–Kier alpha value is -1.13. The lowest BCUT2D eigenvalue weighted by Crippen LogP contribution is -2.13. The van der Waals surface area contributed by atoms with E-state index in [9.17, 15) is 0 Å². The van der Waals surface area contributed by atoms with Crippen LogP contribution in [0.3, 0.4) is 0 Å². The number of rotatable bonds is 5. The summed E-state index contributed by atoms with van der Waals surface area (Å²) in [6.45, 7) is 0.864. The molecule has 2 heterocycles. The van der Waals surface area contributed by atoms with Crippen LogP contribution in [0, 0.1) is 0 Å². The zero-order chi connectivity index (χ0) is 13.1. The third-order valence-electron chi connectivity index (χ3n) is 3.98. The number of nitrogens with zero attached hydrogens (tertiary/aromatic N) is 2. The van der Waals surface area contributed by atoms with Crippen LogP contribution in [0.15, 0.2) is 29.9 Å². The summed E-state index contributed by atoms with van der Waals surface area (Å²) >= 11 is 1.76. The Morgan fingerprint density at radius 1 is 1.47 bits per heavy atom. The Labute approximate surface area is 118 Å². The Morgan fingerprint density at radius 2 is 2.32 bits per heavy atom. The van der Waals surface area contributed by atoms with Crippen LogP contribution in [0.1, 0.15) is 48.4 Å². The van der Waals surface area contributed by atoms with Crippen molar-refractivity contribution in [3.63, 3.8) is 0 Å². The largest absolute Gasteiger partial charge is 0.374 e. The lowest BCUT2D eigenvalue weighted by molar-refractivity contribution is 0.0896. The van der Waals surface area contributed by atoms with E-state index in [1.54, 1.807) is 18.4 Å². The van der Waals surface area contributed by atoms with Crippen LogP contribution >= 0.6 is 11.3 Å². The maximum atomic E-state index is 5.65. The van der Waals surface area contributed by atoms with Crippen LogP contribution < -0.4 is 0 Å². The number of hydrogen-bond donors (Lipinski definition) is 0. The quantitative estimate of drug-likeness (QED) is 0.825. The summed E-state index contributed by atoms with van der Waals surface area (Å²) in [5.74, 6) is 1.90. The first-order valence-corrected chi connectivity index (χ1v) is 7.83. The van der Waals surface area contributed by atoms with Gasteiger partial charge in [0.15, 0.2) is 0 Å². The van der Waals surface area contributed by atoms with Gasteiger partial charge in [-0.25, -0.2) is 4.98 Å². The van der Waals surface area contributed by atoms with Crippen molar-refractivity contribution in [2.75, 3.05) is 7.11 Å². The Morgan fingerprint density at radius 3 is 3.00 bits per heavy atom. The zero-order valence-corrected chi connectivity index (χ0v) is 12.1. The highest BCUT2D eigenvalue weighted by Crippen LogP contribution is 2.34. The molecule has 1 atom stereocenters. The van der Waals surface area contributed by atoms with Crippen LogP contribution in [0.25, 0.3) is 0 Å². The van der Waals surface area contributed by atoms with Crippen LogP contribution in [-0.4, -0.2) is 16.7 Å². The molecular formula is C15H20N2OS. The van der Waals surface area contributed by atoms with E-state index in [2.05, 4.69) is 33.3 Å². The minimum Gasteiger partial charge on any atom is -0.374 e. The molecule has 1 unspecified atom stereocenters. The summed E-state index contributed by atoms with van der Waals surface area (Å²) in [5, 5.41) is 2.10. The predicted octanol–water partition coefficient (Wildman–Crippen LogP) is 3.99. The second-order valence-corrected chi connectivity index (χ2v) is 6.14. The second kappa shape index (κ2) is 5.88. The van der Waals surface area contributed by atoms with E-state index in [4.69, 9.17) is 4.74 Å². The Balaban J connectivity index is 1.77. The molecule has 0 radical (unpaired) electrons. The molecule has 102 valence electrons. The first-order chi connectivity index (χ1) is 9.38. The Bertz CT molecular complexity index is 500. The zero-order valence-electron chi connectivity index (χ0n) is 11.3. The average molecular weight is 276 g/mol. The highest BCUT2D eigenvalue weighted by molar-refractivity contribution is 7.10. The lowest BCUT2D eigenvalue weighted by atomic mass is 10.1. The van der Waals surface area contributed by atoms with Gasteiger partial charge in [0.2, 0.25) is 0 Å². The molecular weight excluding hydrogens is 256 g/mol. The van der Waals surface area contributed by atoms with Gasteiger partial charge in [0, 0.05) is 30.3 Å². The molecule has 1 aliphatic rings. The van der Waals surface area contributed by atoms with Crippen molar-refractivity contribution in [2.24, 2.45) is 0 Å². The third-order valence-corrected chi connectivity index (χ3v) is 4.94. The first kappa shape index (κ1) is 12.9. The van der Waals surface area contributed by atoms with Crippen LogP contribution in [-0.2, 0) is 11.3 Å². The first-order valence-electron chi connectivity index (χ1n) is 6.95. The molecule has 0 spiro atoms. The predicted molar refractivity (Wildman–Crippen MR) is 77.5 cm³/mol. The molecule has 2 aromatic heterocycles. The molecule has 0 bridgehead atoms. The highest BCUT2D eigenvalue weighted by atomic mass is 32.1. The maximum Gasteiger partial charge on any atom is 0.111 e. The van der Waals surface area contributed by atoms with Crippen LogP contribution in [0.5, 0.6) is 0 Å². The molecule has 0 amide bonds. The second-order valence-electron chi connectivity index (χ2n) is 5.16. The van der Waals surface area contributed by atoms with E-state index in [0.29, 0.717) is 5.92 Å².